The lowest BCUT2D eigenvalue weighted by molar-refractivity contribution is 0.172. The number of aromatic nitrogens is 3. The van der Waals surface area contributed by atoms with Crippen LogP contribution >= 0.6 is 0 Å². The van der Waals surface area contributed by atoms with Gasteiger partial charge in [0.05, 0.1) is 12.1 Å². The molecule has 0 amide bonds. The van der Waals surface area contributed by atoms with Gasteiger partial charge in [-0.3, -0.25) is 0 Å². The van der Waals surface area contributed by atoms with E-state index < -0.39 is 0 Å². The Bertz CT molecular complexity index is 572. The smallest absolute Gasteiger partial charge is 0.243 e. The first kappa shape index (κ1) is 12.4. The highest BCUT2D eigenvalue weighted by Crippen LogP contribution is 2.30. The fourth-order valence-electron chi connectivity index (χ4n) is 2.88. The molecule has 0 spiro atoms. The molecule has 1 saturated carbocycles. The van der Waals surface area contributed by atoms with Gasteiger partial charge in [-0.15, -0.1) is 5.10 Å². The summed E-state index contributed by atoms with van der Waals surface area (Å²) in [7, 11) is 0. The molecule has 0 aromatic carbocycles. The van der Waals surface area contributed by atoms with Gasteiger partial charge in [0.2, 0.25) is 5.95 Å². The van der Waals surface area contributed by atoms with Crippen LogP contribution in [0.4, 0.5) is 5.95 Å². The lowest BCUT2D eigenvalue weighted by Gasteiger charge is -2.35. The summed E-state index contributed by atoms with van der Waals surface area (Å²) in [5.74, 6) is 0.616. The van der Waals surface area contributed by atoms with E-state index in [2.05, 4.69) is 15.4 Å². The third-order valence-corrected chi connectivity index (χ3v) is 4.04. The Labute approximate surface area is 112 Å². The summed E-state index contributed by atoms with van der Waals surface area (Å²) in [5.41, 5.74) is 1.66. The van der Waals surface area contributed by atoms with Crippen molar-refractivity contribution >= 4 is 11.6 Å². The summed E-state index contributed by atoms with van der Waals surface area (Å²) in [6.45, 7) is 2.15. The number of rotatable bonds is 3. The van der Waals surface area contributed by atoms with Crippen molar-refractivity contribution in [2.24, 2.45) is 0 Å². The highest BCUT2D eigenvalue weighted by molar-refractivity contribution is 5.45. The van der Waals surface area contributed by atoms with E-state index in [1.165, 1.54) is 6.42 Å². The Morgan fingerprint density at radius 3 is 2.79 bits per heavy atom. The van der Waals surface area contributed by atoms with Gasteiger partial charge in [-0.1, -0.05) is 25.3 Å². The van der Waals surface area contributed by atoms with Crippen molar-refractivity contribution in [3.63, 3.8) is 0 Å². The van der Waals surface area contributed by atoms with Crippen LogP contribution in [0.2, 0.25) is 0 Å². The molecule has 0 radical (unpaired) electrons. The Morgan fingerprint density at radius 1 is 1.32 bits per heavy atom. The van der Waals surface area contributed by atoms with Crippen LogP contribution in [-0.2, 0) is 0 Å². The standard InChI is InChI=1S/C14H20N4O/c1-11-6-5-7-12-15-13(17-18(11)12)16-14(10-19)8-3-2-4-9-14/h5-7,19H,2-4,8-10H2,1H3,(H,16,17). The van der Waals surface area contributed by atoms with E-state index in [1.54, 1.807) is 0 Å². The minimum absolute atomic E-state index is 0.140. The maximum atomic E-state index is 9.71. The lowest BCUT2D eigenvalue weighted by atomic mass is 9.82. The Hall–Kier alpha value is -1.62. The molecule has 0 saturated heterocycles. The molecule has 2 heterocycles. The summed E-state index contributed by atoms with van der Waals surface area (Å²) >= 11 is 0. The van der Waals surface area contributed by atoms with Gasteiger partial charge < -0.3 is 10.4 Å². The predicted molar refractivity (Wildman–Crippen MR) is 74.2 cm³/mol. The van der Waals surface area contributed by atoms with Crippen molar-refractivity contribution in [1.29, 1.82) is 0 Å². The molecule has 0 atom stereocenters. The zero-order valence-electron chi connectivity index (χ0n) is 11.3. The molecule has 102 valence electrons. The number of aryl methyl sites for hydroxylation is 1. The average Bonchev–Trinajstić information content (AvgIpc) is 2.83. The number of fused-ring (bicyclic) bond motifs is 1. The van der Waals surface area contributed by atoms with Crippen LogP contribution in [0.15, 0.2) is 18.2 Å². The molecule has 1 fully saturated rings. The number of anilines is 1. The third kappa shape index (κ3) is 2.30. The number of nitrogens with zero attached hydrogens (tertiary/aromatic N) is 3. The largest absolute Gasteiger partial charge is 0.394 e. The number of aliphatic hydroxyl groups excluding tert-OH is 1. The van der Waals surface area contributed by atoms with Gasteiger partial charge in [0.15, 0.2) is 5.65 Å². The second kappa shape index (κ2) is 4.81. The molecular weight excluding hydrogens is 240 g/mol. The van der Waals surface area contributed by atoms with Crippen molar-refractivity contribution in [3.05, 3.63) is 23.9 Å². The molecule has 2 N–H and O–H groups in total. The van der Waals surface area contributed by atoms with Crippen LogP contribution in [0.25, 0.3) is 5.65 Å². The molecule has 0 aliphatic heterocycles. The minimum Gasteiger partial charge on any atom is -0.394 e. The molecule has 5 heteroatoms. The van der Waals surface area contributed by atoms with Gasteiger partial charge in [0.1, 0.15) is 0 Å². The van der Waals surface area contributed by atoms with Gasteiger partial charge in [-0.05, 0) is 31.9 Å². The predicted octanol–water partition coefficient (Wildman–Crippen LogP) is 2.14. The average molecular weight is 260 g/mol. The number of aliphatic hydroxyl groups is 1. The van der Waals surface area contributed by atoms with Crippen LogP contribution in [0, 0.1) is 6.92 Å². The summed E-state index contributed by atoms with van der Waals surface area (Å²) < 4.78 is 1.83. The van der Waals surface area contributed by atoms with E-state index in [0.29, 0.717) is 5.95 Å². The van der Waals surface area contributed by atoms with Gasteiger partial charge in [-0.2, -0.15) is 4.98 Å². The van der Waals surface area contributed by atoms with Crippen molar-refractivity contribution in [2.75, 3.05) is 11.9 Å². The van der Waals surface area contributed by atoms with Crippen LogP contribution in [0.5, 0.6) is 0 Å². The van der Waals surface area contributed by atoms with Crippen molar-refractivity contribution in [1.82, 2.24) is 14.6 Å². The first-order chi connectivity index (χ1) is 9.22. The molecule has 2 aromatic rings. The van der Waals surface area contributed by atoms with Crippen molar-refractivity contribution < 1.29 is 5.11 Å². The number of hydrogen-bond donors (Lipinski definition) is 2. The summed E-state index contributed by atoms with van der Waals surface area (Å²) in [5, 5.41) is 17.6. The minimum atomic E-state index is -0.239. The normalized spacial score (nSPS) is 18.6. The fraction of sp³-hybridized carbons (Fsp3) is 0.571. The van der Waals surface area contributed by atoms with Crippen molar-refractivity contribution in [3.8, 4) is 0 Å². The van der Waals surface area contributed by atoms with E-state index >= 15 is 0 Å². The summed E-state index contributed by atoms with van der Waals surface area (Å²) in [6.07, 6.45) is 5.52. The molecule has 3 rings (SSSR count). The Kier molecular flexibility index (Phi) is 3.14. The van der Waals surface area contributed by atoms with Gasteiger partial charge >= 0.3 is 0 Å². The maximum Gasteiger partial charge on any atom is 0.243 e. The molecular formula is C14H20N4O. The first-order valence-electron chi connectivity index (χ1n) is 6.94. The SMILES string of the molecule is Cc1cccc2nc(NC3(CO)CCCCC3)nn12. The van der Waals surface area contributed by atoms with Gasteiger partial charge in [0.25, 0.3) is 0 Å². The summed E-state index contributed by atoms with van der Waals surface area (Å²) in [6, 6.07) is 5.93. The van der Waals surface area contributed by atoms with E-state index in [-0.39, 0.29) is 12.1 Å². The van der Waals surface area contributed by atoms with Crippen LogP contribution in [0.1, 0.15) is 37.8 Å². The topological polar surface area (TPSA) is 62.5 Å². The van der Waals surface area contributed by atoms with Gasteiger partial charge in [-0.25, -0.2) is 4.52 Å². The fourth-order valence-corrected chi connectivity index (χ4v) is 2.88. The molecule has 19 heavy (non-hydrogen) atoms. The van der Waals surface area contributed by atoms with Crippen molar-refractivity contribution in [2.45, 2.75) is 44.6 Å². The zero-order chi connectivity index (χ0) is 13.3. The maximum absolute atomic E-state index is 9.71. The number of pyridine rings is 1. The highest BCUT2D eigenvalue weighted by atomic mass is 16.3. The van der Waals surface area contributed by atoms with Crippen LogP contribution < -0.4 is 5.32 Å². The van der Waals surface area contributed by atoms with Gasteiger partial charge in [0, 0.05) is 5.69 Å². The van der Waals surface area contributed by atoms with E-state index in [4.69, 9.17) is 0 Å². The number of hydrogen-bond acceptors (Lipinski definition) is 4. The lowest BCUT2D eigenvalue weighted by Crippen LogP contribution is -2.44. The second-order valence-electron chi connectivity index (χ2n) is 5.50. The molecule has 1 aliphatic carbocycles. The van der Waals surface area contributed by atoms with E-state index in [9.17, 15) is 5.11 Å². The quantitative estimate of drug-likeness (QED) is 0.887. The third-order valence-electron chi connectivity index (χ3n) is 4.04. The molecule has 0 unspecified atom stereocenters. The first-order valence-corrected chi connectivity index (χ1v) is 6.94. The molecule has 5 nitrogen and oxygen atoms in total. The zero-order valence-corrected chi connectivity index (χ0v) is 11.3. The molecule has 0 bridgehead atoms. The monoisotopic (exact) mass is 260 g/mol. The van der Waals surface area contributed by atoms with Crippen LogP contribution in [0.3, 0.4) is 0 Å². The molecule has 1 aliphatic rings. The van der Waals surface area contributed by atoms with E-state index in [1.807, 2.05) is 29.6 Å². The Morgan fingerprint density at radius 2 is 2.11 bits per heavy atom. The second-order valence-corrected chi connectivity index (χ2v) is 5.50. The Balaban J connectivity index is 1.89. The number of nitrogens with one attached hydrogen (secondary N) is 1. The highest BCUT2D eigenvalue weighted by Gasteiger charge is 2.32. The van der Waals surface area contributed by atoms with E-state index in [0.717, 1.165) is 37.0 Å². The molecule has 2 aromatic heterocycles. The summed E-state index contributed by atoms with van der Waals surface area (Å²) in [4.78, 5) is 4.49. The van der Waals surface area contributed by atoms with Crippen LogP contribution in [-0.4, -0.2) is 31.9 Å².